The van der Waals surface area contributed by atoms with E-state index in [-0.39, 0.29) is 18.3 Å². The molecule has 4 nitrogen and oxygen atoms in total. The minimum absolute atomic E-state index is 0.0432. The van der Waals surface area contributed by atoms with E-state index in [2.05, 4.69) is 15.9 Å². The van der Waals surface area contributed by atoms with Gasteiger partial charge in [-0.2, -0.15) is 0 Å². The molecule has 0 N–H and O–H groups in total. The molecule has 5 heteroatoms. The second-order valence-corrected chi connectivity index (χ2v) is 7.71. The summed E-state index contributed by atoms with van der Waals surface area (Å²) in [4.78, 5) is 26.1. The Balaban J connectivity index is 2.33. The number of ketones is 1. The van der Waals surface area contributed by atoms with Crippen molar-refractivity contribution in [3.63, 3.8) is 0 Å². The highest BCUT2D eigenvalue weighted by molar-refractivity contribution is 9.10. The first kappa shape index (κ1) is 16.2. The minimum atomic E-state index is -0.582. The summed E-state index contributed by atoms with van der Waals surface area (Å²) in [5.74, 6) is 0.00369. The van der Waals surface area contributed by atoms with Crippen LogP contribution in [0.25, 0.3) is 0 Å². The number of carbonyl (C=O) groups is 2. The van der Waals surface area contributed by atoms with Crippen LogP contribution < -0.4 is 4.90 Å². The molecule has 0 unspecified atom stereocenters. The minimum Gasteiger partial charge on any atom is -0.375 e. The molecule has 0 bridgehead atoms. The summed E-state index contributed by atoms with van der Waals surface area (Å²) in [5, 5.41) is 0. The molecule has 1 aromatic rings. The summed E-state index contributed by atoms with van der Waals surface area (Å²) < 4.78 is 4.35. The molecule has 0 aromatic heterocycles. The number of ether oxygens (including phenoxy) is 1. The number of carbonyl (C=O) groups excluding carboxylic acids is 2. The average Bonchev–Trinajstić information content (AvgIpc) is 2.44. The van der Waals surface area contributed by atoms with Gasteiger partial charge in [-0.1, -0.05) is 15.9 Å². The number of hydrogen-bond donors (Lipinski definition) is 0. The lowest BCUT2D eigenvalue weighted by molar-refractivity contribution is -0.122. The number of alkyl halides is 1. The van der Waals surface area contributed by atoms with Crippen LogP contribution in [0.4, 0.5) is 5.69 Å². The van der Waals surface area contributed by atoms with E-state index in [9.17, 15) is 9.59 Å². The summed E-state index contributed by atoms with van der Waals surface area (Å²) in [7, 11) is 1.52. The molecule has 0 saturated carbocycles. The SMILES string of the molecule is COCC(=O)N1CCCc2cc(C(=O)C(C)(C)Br)ccc21. The molecule has 21 heavy (non-hydrogen) atoms. The van der Waals surface area contributed by atoms with Crippen LogP contribution in [-0.2, 0) is 16.0 Å². The van der Waals surface area contributed by atoms with Crippen LogP contribution in [-0.4, -0.2) is 36.3 Å². The lowest BCUT2D eigenvalue weighted by Gasteiger charge is -2.30. The Morgan fingerprint density at radius 1 is 1.38 bits per heavy atom. The zero-order valence-electron chi connectivity index (χ0n) is 12.6. The van der Waals surface area contributed by atoms with Crippen molar-refractivity contribution in [2.75, 3.05) is 25.2 Å². The molecule has 0 atom stereocenters. The van der Waals surface area contributed by atoms with Crippen LogP contribution >= 0.6 is 15.9 Å². The molecular weight excluding hydrogens is 334 g/mol. The van der Waals surface area contributed by atoms with Crippen molar-refractivity contribution in [3.05, 3.63) is 29.3 Å². The second kappa shape index (κ2) is 6.28. The maximum atomic E-state index is 12.3. The number of Topliss-reactive ketones (excluding diaryl/α,β-unsaturated/α-hetero) is 1. The van der Waals surface area contributed by atoms with Crippen molar-refractivity contribution in [3.8, 4) is 0 Å². The first-order valence-corrected chi connectivity index (χ1v) is 7.80. The standard InChI is InChI=1S/C16H20BrNO3/c1-16(2,17)15(20)12-6-7-13-11(9-12)5-4-8-18(13)14(19)10-21-3/h6-7,9H,4-5,8,10H2,1-3H3. The largest absolute Gasteiger partial charge is 0.375 e. The quantitative estimate of drug-likeness (QED) is 0.617. The van der Waals surface area contributed by atoms with E-state index in [1.807, 2.05) is 26.0 Å². The second-order valence-electron chi connectivity index (χ2n) is 5.73. The Morgan fingerprint density at radius 3 is 2.71 bits per heavy atom. The first-order chi connectivity index (χ1) is 9.84. The normalized spacial score (nSPS) is 14.8. The lowest BCUT2D eigenvalue weighted by atomic mass is 9.94. The van der Waals surface area contributed by atoms with Gasteiger partial charge >= 0.3 is 0 Å². The van der Waals surface area contributed by atoms with Crippen molar-refractivity contribution in [2.45, 2.75) is 31.0 Å². The Hall–Kier alpha value is -1.20. The Morgan fingerprint density at radius 2 is 2.10 bits per heavy atom. The van der Waals surface area contributed by atoms with Crippen LogP contribution in [0.5, 0.6) is 0 Å². The van der Waals surface area contributed by atoms with E-state index in [0.717, 1.165) is 24.1 Å². The monoisotopic (exact) mass is 353 g/mol. The highest BCUT2D eigenvalue weighted by Gasteiger charge is 2.27. The summed E-state index contributed by atoms with van der Waals surface area (Å²) in [6.45, 7) is 4.45. The van der Waals surface area contributed by atoms with E-state index in [0.29, 0.717) is 12.1 Å². The Labute approximate surface area is 133 Å². The molecule has 0 aliphatic carbocycles. The van der Waals surface area contributed by atoms with Crippen molar-refractivity contribution in [2.24, 2.45) is 0 Å². The van der Waals surface area contributed by atoms with Gasteiger partial charge in [-0.3, -0.25) is 9.59 Å². The number of methoxy groups -OCH3 is 1. The van der Waals surface area contributed by atoms with Gasteiger partial charge in [0.15, 0.2) is 5.78 Å². The van der Waals surface area contributed by atoms with Gasteiger partial charge in [-0.05, 0) is 50.5 Å². The molecule has 1 amide bonds. The molecule has 0 saturated heterocycles. The number of aryl methyl sites for hydroxylation is 1. The van der Waals surface area contributed by atoms with E-state index < -0.39 is 4.32 Å². The Kier molecular flexibility index (Phi) is 4.84. The van der Waals surface area contributed by atoms with Crippen molar-refractivity contribution in [1.29, 1.82) is 0 Å². The number of benzene rings is 1. The predicted octanol–water partition coefficient (Wildman–Crippen LogP) is 2.97. The van der Waals surface area contributed by atoms with Gasteiger partial charge < -0.3 is 9.64 Å². The van der Waals surface area contributed by atoms with Crippen LogP contribution in [0.3, 0.4) is 0 Å². The van der Waals surface area contributed by atoms with Gasteiger partial charge in [0.25, 0.3) is 5.91 Å². The molecule has 1 aromatic carbocycles. The third kappa shape index (κ3) is 3.52. The number of nitrogens with zero attached hydrogens (tertiary/aromatic N) is 1. The van der Waals surface area contributed by atoms with Gasteiger partial charge in [-0.25, -0.2) is 0 Å². The van der Waals surface area contributed by atoms with Gasteiger partial charge in [0.1, 0.15) is 6.61 Å². The third-order valence-electron chi connectivity index (χ3n) is 3.57. The van der Waals surface area contributed by atoms with E-state index in [1.165, 1.54) is 7.11 Å². The molecular formula is C16H20BrNO3. The third-order valence-corrected chi connectivity index (χ3v) is 3.93. The molecule has 0 spiro atoms. The first-order valence-electron chi connectivity index (χ1n) is 7.00. The van der Waals surface area contributed by atoms with Gasteiger partial charge in [0.05, 0.1) is 4.32 Å². The van der Waals surface area contributed by atoms with Crippen LogP contribution in [0.15, 0.2) is 18.2 Å². The zero-order chi connectivity index (χ0) is 15.6. The summed E-state index contributed by atoms with van der Waals surface area (Å²) in [5.41, 5.74) is 2.62. The van der Waals surface area contributed by atoms with E-state index in [4.69, 9.17) is 4.74 Å². The van der Waals surface area contributed by atoms with Crippen molar-refractivity contribution < 1.29 is 14.3 Å². The van der Waals surface area contributed by atoms with Gasteiger partial charge in [-0.15, -0.1) is 0 Å². The molecule has 2 rings (SSSR count). The van der Waals surface area contributed by atoms with E-state index in [1.54, 1.807) is 11.0 Å². The summed E-state index contributed by atoms with van der Waals surface area (Å²) in [6, 6.07) is 5.57. The van der Waals surface area contributed by atoms with Crippen LogP contribution in [0.1, 0.15) is 36.2 Å². The number of fused-ring (bicyclic) bond motifs is 1. The number of amides is 1. The molecule has 1 heterocycles. The average molecular weight is 354 g/mol. The number of halogens is 1. The predicted molar refractivity (Wildman–Crippen MR) is 86.3 cm³/mol. The lowest BCUT2D eigenvalue weighted by Crippen LogP contribution is -2.38. The van der Waals surface area contributed by atoms with Crippen molar-refractivity contribution in [1.82, 2.24) is 0 Å². The number of hydrogen-bond acceptors (Lipinski definition) is 3. The highest BCUT2D eigenvalue weighted by atomic mass is 79.9. The van der Waals surface area contributed by atoms with E-state index >= 15 is 0 Å². The smallest absolute Gasteiger partial charge is 0.252 e. The maximum Gasteiger partial charge on any atom is 0.252 e. The molecule has 114 valence electrons. The van der Waals surface area contributed by atoms with Crippen LogP contribution in [0, 0.1) is 0 Å². The maximum absolute atomic E-state index is 12.3. The number of rotatable bonds is 4. The fraction of sp³-hybridized carbons (Fsp3) is 0.500. The van der Waals surface area contributed by atoms with Gasteiger partial charge in [0, 0.05) is 24.9 Å². The fourth-order valence-electron chi connectivity index (χ4n) is 2.54. The van der Waals surface area contributed by atoms with Crippen molar-refractivity contribution >= 4 is 33.3 Å². The van der Waals surface area contributed by atoms with Crippen LogP contribution in [0.2, 0.25) is 0 Å². The number of anilines is 1. The van der Waals surface area contributed by atoms with Gasteiger partial charge in [0.2, 0.25) is 0 Å². The molecule has 1 aliphatic heterocycles. The summed E-state index contributed by atoms with van der Waals surface area (Å²) in [6.07, 6.45) is 1.79. The molecule has 0 fully saturated rings. The summed E-state index contributed by atoms with van der Waals surface area (Å²) >= 11 is 3.40. The zero-order valence-corrected chi connectivity index (χ0v) is 14.2. The highest BCUT2D eigenvalue weighted by Crippen LogP contribution is 2.30. The fourth-order valence-corrected chi connectivity index (χ4v) is 2.77. The molecule has 0 radical (unpaired) electrons. The topological polar surface area (TPSA) is 46.6 Å². The molecule has 1 aliphatic rings. The Bertz CT molecular complexity index is 563.